The number of nitrogens with one attached hydrogen (secondary N) is 1. The van der Waals surface area contributed by atoms with Gasteiger partial charge in [-0.25, -0.2) is 0 Å². The number of thiocarbonyl (C=S) groups is 1. The fraction of sp³-hybridized carbons (Fsp3) is 0.0714. The summed E-state index contributed by atoms with van der Waals surface area (Å²) in [5.41, 5.74) is 9.66. The van der Waals surface area contributed by atoms with Gasteiger partial charge >= 0.3 is 0 Å². The molecule has 0 aliphatic rings. The molecule has 98 valence electrons. The van der Waals surface area contributed by atoms with Gasteiger partial charge in [-0.05, 0) is 74.7 Å². The first-order valence-corrected chi connectivity index (χ1v) is 7.59. The van der Waals surface area contributed by atoms with E-state index in [2.05, 4.69) is 56.2 Å². The molecule has 3 N–H and O–H groups in total. The normalized spacial score (nSPS) is 10.3. The van der Waals surface area contributed by atoms with Crippen LogP contribution in [0.4, 0.5) is 11.4 Å². The fourth-order valence-electron chi connectivity index (χ4n) is 1.68. The first kappa shape index (κ1) is 14.5. The maximum atomic E-state index is 5.63. The van der Waals surface area contributed by atoms with Crippen molar-refractivity contribution in [1.29, 1.82) is 0 Å². The average Bonchev–Trinajstić information content (AvgIpc) is 2.33. The summed E-state index contributed by atoms with van der Waals surface area (Å²) >= 11 is 12.0. The van der Waals surface area contributed by atoms with Gasteiger partial charge in [0.1, 0.15) is 4.99 Å². The van der Waals surface area contributed by atoms with Gasteiger partial charge < -0.3 is 11.1 Å². The highest BCUT2D eigenvalue weighted by molar-refractivity contribution is 9.11. The molecule has 0 aliphatic carbocycles. The van der Waals surface area contributed by atoms with Crippen LogP contribution in [0.25, 0.3) is 0 Å². The van der Waals surface area contributed by atoms with E-state index < -0.39 is 0 Å². The number of nitrogens with two attached hydrogens (primary N) is 1. The first-order valence-electron chi connectivity index (χ1n) is 5.60. The summed E-state index contributed by atoms with van der Waals surface area (Å²) in [6.45, 7) is 2.06. The lowest BCUT2D eigenvalue weighted by molar-refractivity contribution is 1.43. The molecule has 0 spiro atoms. The minimum Gasteiger partial charge on any atom is -0.389 e. The molecule has 2 aromatic rings. The number of hydrogen-bond acceptors (Lipinski definition) is 2. The Kier molecular flexibility index (Phi) is 4.60. The molecule has 0 saturated heterocycles. The molecule has 0 heterocycles. The Morgan fingerprint density at radius 1 is 1.11 bits per heavy atom. The van der Waals surface area contributed by atoms with Gasteiger partial charge in [-0.2, -0.15) is 0 Å². The molecule has 2 rings (SSSR count). The molecule has 0 fully saturated rings. The summed E-state index contributed by atoms with van der Waals surface area (Å²) in [4.78, 5) is 0.384. The SMILES string of the molecule is Cc1ccc(Br)c(Nc2ccc(C(N)=S)c(Br)c2)c1. The zero-order valence-corrected chi connectivity index (χ0v) is 14.2. The second kappa shape index (κ2) is 6.03. The van der Waals surface area contributed by atoms with E-state index in [1.54, 1.807) is 0 Å². The average molecular weight is 400 g/mol. The Hall–Kier alpha value is -0.910. The van der Waals surface area contributed by atoms with Crippen LogP contribution < -0.4 is 11.1 Å². The second-order valence-electron chi connectivity index (χ2n) is 4.17. The smallest absolute Gasteiger partial charge is 0.105 e. The highest BCUT2D eigenvalue weighted by Gasteiger charge is 2.05. The van der Waals surface area contributed by atoms with Crippen molar-refractivity contribution >= 4 is 60.4 Å². The van der Waals surface area contributed by atoms with Crippen LogP contribution >= 0.6 is 44.1 Å². The summed E-state index contributed by atoms with van der Waals surface area (Å²) in [5.74, 6) is 0. The Morgan fingerprint density at radius 2 is 1.84 bits per heavy atom. The Balaban J connectivity index is 2.31. The third kappa shape index (κ3) is 3.55. The quantitative estimate of drug-likeness (QED) is 0.721. The summed E-state index contributed by atoms with van der Waals surface area (Å²) < 4.78 is 1.90. The van der Waals surface area contributed by atoms with E-state index in [-0.39, 0.29) is 0 Å². The topological polar surface area (TPSA) is 38.0 Å². The predicted octanol–water partition coefficient (Wildman–Crippen LogP) is 4.90. The van der Waals surface area contributed by atoms with Gasteiger partial charge in [0.25, 0.3) is 0 Å². The monoisotopic (exact) mass is 398 g/mol. The van der Waals surface area contributed by atoms with Crippen LogP contribution in [-0.2, 0) is 0 Å². The Labute approximate surface area is 134 Å². The van der Waals surface area contributed by atoms with E-state index in [1.807, 2.05) is 24.3 Å². The van der Waals surface area contributed by atoms with E-state index in [1.165, 1.54) is 5.56 Å². The molecule has 2 nitrogen and oxygen atoms in total. The maximum absolute atomic E-state index is 5.63. The van der Waals surface area contributed by atoms with Crippen molar-refractivity contribution in [2.75, 3.05) is 5.32 Å². The van der Waals surface area contributed by atoms with Gasteiger partial charge in [0.2, 0.25) is 0 Å². The zero-order valence-electron chi connectivity index (χ0n) is 10.2. The molecular formula is C14H12Br2N2S. The van der Waals surface area contributed by atoms with Crippen molar-refractivity contribution in [2.24, 2.45) is 5.73 Å². The summed E-state index contributed by atoms with van der Waals surface area (Å²) in [6, 6.07) is 12.0. The number of rotatable bonds is 3. The first-order chi connectivity index (χ1) is 8.97. The van der Waals surface area contributed by atoms with Crippen molar-refractivity contribution in [3.05, 3.63) is 56.5 Å². The molecule has 0 radical (unpaired) electrons. The van der Waals surface area contributed by atoms with Crippen LogP contribution in [0.1, 0.15) is 11.1 Å². The van der Waals surface area contributed by atoms with Gasteiger partial charge in [-0.1, -0.05) is 18.3 Å². The minimum absolute atomic E-state index is 0.384. The molecule has 0 aliphatic heterocycles. The molecule has 2 aromatic carbocycles. The van der Waals surface area contributed by atoms with Crippen LogP contribution in [0.5, 0.6) is 0 Å². The molecule has 0 amide bonds. The standard InChI is InChI=1S/C14H12Br2N2S/c1-8-2-5-11(15)13(6-8)18-9-3-4-10(14(17)19)12(16)7-9/h2-7,18H,1H3,(H2,17,19). The predicted molar refractivity (Wildman–Crippen MR) is 92.2 cm³/mol. The number of benzene rings is 2. The second-order valence-corrected chi connectivity index (χ2v) is 6.32. The number of aryl methyl sites for hydroxylation is 1. The van der Waals surface area contributed by atoms with Crippen molar-refractivity contribution in [3.8, 4) is 0 Å². The molecule has 0 bridgehead atoms. The maximum Gasteiger partial charge on any atom is 0.105 e. The van der Waals surface area contributed by atoms with Crippen molar-refractivity contribution < 1.29 is 0 Å². The lowest BCUT2D eigenvalue weighted by Crippen LogP contribution is -2.10. The number of halogens is 2. The van der Waals surface area contributed by atoms with Crippen LogP contribution in [0.3, 0.4) is 0 Å². The lowest BCUT2D eigenvalue weighted by atomic mass is 10.2. The minimum atomic E-state index is 0.384. The van der Waals surface area contributed by atoms with E-state index in [0.29, 0.717) is 4.99 Å². The lowest BCUT2D eigenvalue weighted by Gasteiger charge is -2.11. The van der Waals surface area contributed by atoms with Gasteiger partial charge in [0.15, 0.2) is 0 Å². The van der Waals surface area contributed by atoms with Crippen LogP contribution in [-0.4, -0.2) is 4.99 Å². The molecule has 0 saturated carbocycles. The summed E-state index contributed by atoms with van der Waals surface area (Å²) in [7, 11) is 0. The van der Waals surface area contributed by atoms with Crippen LogP contribution in [0, 0.1) is 6.92 Å². The third-order valence-corrected chi connectivity index (χ3v) is 4.20. The zero-order chi connectivity index (χ0) is 14.0. The molecule has 0 aromatic heterocycles. The van der Waals surface area contributed by atoms with E-state index >= 15 is 0 Å². The van der Waals surface area contributed by atoms with Crippen LogP contribution in [0.2, 0.25) is 0 Å². The highest BCUT2D eigenvalue weighted by Crippen LogP contribution is 2.29. The Bertz CT molecular complexity index is 641. The molecule has 0 atom stereocenters. The summed E-state index contributed by atoms with van der Waals surface area (Å²) in [6.07, 6.45) is 0. The highest BCUT2D eigenvalue weighted by atomic mass is 79.9. The molecule has 0 unspecified atom stereocenters. The summed E-state index contributed by atoms with van der Waals surface area (Å²) in [5, 5.41) is 3.36. The van der Waals surface area contributed by atoms with E-state index in [9.17, 15) is 0 Å². The molecule has 19 heavy (non-hydrogen) atoms. The largest absolute Gasteiger partial charge is 0.389 e. The third-order valence-electron chi connectivity index (χ3n) is 2.64. The number of hydrogen-bond donors (Lipinski definition) is 2. The van der Waals surface area contributed by atoms with E-state index in [0.717, 1.165) is 25.9 Å². The number of anilines is 2. The van der Waals surface area contributed by atoms with Gasteiger partial charge in [0.05, 0.1) is 5.69 Å². The van der Waals surface area contributed by atoms with E-state index in [4.69, 9.17) is 18.0 Å². The van der Waals surface area contributed by atoms with Crippen molar-refractivity contribution in [1.82, 2.24) is 0 Å². The van der Waals surface area contributed by atoms with Gasteiger partial charge in [-0.3, -0.25) is 0 Å². The molecular weight excluding hydrogens is 388 g/mol. The van der Waals surface area contributed by atoms with Gasteiger partial charge in [-0.15, -0.1) is 0 Å². The molecule has 5 heteroatoms. The van der Waals surface area contributed by atoms with Crippen molar-refractivity contribution in [2.45, 2.75) is 6.92 Å². The van der Waals surface area contributed by atoms with Crippen molar-refractivity contribution in [3.63, 3.8) is 0 Å². The fourth-order valence-corrected chi connectivity index (χ4v) is 2.93. The van der Waals surface area contributed by atoms with Gasteiger partial charge in [0, 0.05) is 20.2 Å². The van der Waals surface area contributed by atoms with Crippen LogP contribution in [0.15, 0.2) is 45.3 Å². The Morgan fingerprint density at radius 3 is 2.47 bits per heavy atom.